The van der Waals surface area contributed by atoms with Gasteiger partial charge in [-0.25, -0.2) is 4.39 Å². The molecule has 0 saturated carbocycles. The summed E-state index contributed by atoms with van der Waals surface area (Å²) in [6.07, 6.45) is 0.660. The molecule has 1 nitrogen and oxygen atoms in total. The van der Waals surface area contributed by atoms with E-state index in [-0.39, 0.29) is 0 Å². The zero-order valence-corrected chi connectivity index (χ0v) is 5.37. The van der Waals surface area contributed by atoms with Gasteiger partial charge in [0.15, 0.2) is 0 Å². The summed E-state index contributed by atoms with van der Waals surface area (Å²) in [4.78, 5) is 0. The average Bonchev–Trinajstić information content (AvgIpc) is 1.82. The number of hydrogen-bond donors (Lipinski definition) is 1. The van der Waals surface area contributed by atoms with Crippen molar-refractivity contribution in [3.63, 3.8) is 0 Å². The SMILES string of the molecule is CC1CC(C)(F)CN1. The molecule has 0 amide bonds. The molecule has 48 valence electrons. The Hall–Kier alpha value is -0.110. The van der Waals surface area contributed by atoms with Gasteiger partial charge in [-0.1, -0.05) is 0 Å². The van der Waals surface area contributed by atoms with E-state index < -0.39 is 5.67 Å². The van der Waals surface area contributed by atoms with E-state index in [0.29, 0.717) is 19.0 Å². The van der Waals surface area contributed by atoms with Crippen molar-refractivity contribution in [2.45, 2.75) is 32.0 Å². The Kier molecular flexibility index (Phi) is 1.27. The Labute approximate surface area is 49.3 Å². The summed E-state index contributed by atoms with van der Waals surface area (Å²) in [6.45, 7) is 4.17. The first-order valence-corrected chi connectivity index (χ1v) is 3.02. The van der Waals surface area contributed by atoms with E-state index in [1.54, 1.807) is 6.92 Å². The summed E-state index contributed by atoms with van der Waals surface area (Å²) in [5.74, 6) is 0. The molecule has 0 radical (unpaired) electrons. The Morgan fingerprint density at radius 3 is 2.50 bits per heavy atom. The lowest BCUT2D eigenvalue weighted by Gasteiger charge is -2.08. The topological polar surface area (TPSA) is 12.0 Å². The zero-order chi connectivity index (χ0) is 6.20. The second-order valence-electron chi connectivity index (χ2n) is 2.90. The van der Waals surface area contributed by atoms with Crippen LogP contribution in [0.1, 0.15) is 20.3 Å². The molecule has 2 unspecified atom stereocenters. The highest BCUT2D eigenvalue weighted by Gasteiger charge is 2.31. The molecule has 1 rings (SSSR count). The third-order valence-corrected chi connectivity index (χ3v) is 1.55. The van der Waals surface area contributed by atoms with Gasteiger partial charge in [0, 0.05) is 12.6 Å². The number of hydrogen-bond acceptors (Lipinski definition) is 1. The van der Waals surface area contributed by atoms with Crippen LogP contribution in [0.5, 0.6) is 0 Å². The second-order valence-corrected chi connectivity index (χ2v) is 2.90. The van der Waals surface area contributed by atoms with Crippen molar-refractivity contribution in [3.8, 4) is 0 Å². The zero-order valence-electron chi connectivity index (χ0n) is 5.37. The van der Waals surface area contributed by atoms with Crippen molar-refractivity contribution >= 4 is 0 Å². The van der Waals surface area contributed by atoms with Gasteiger partial charge < -0.3 is 5.32 Å². The predicted octanol–water partition coefficient (Wildman–Crippen LogP) is 1.10. The summed E-state index contributed by atoms with van der Waals surface area (Å²) in [6, 6.07) is 0.366. The maximum atomic E-state index is 12.8. The van der Waals surface area contributed by atoms with Crippen molar-refractivity contribution in [2.24, 2.45) is 0 Å². The van der Waals surface area contributed by atoms with Crippen LogP contribution < -0.4 is 5.32 Å². The van der Waals surface area contributed by atoms with Crippen molar-refractivity contribution < 1.29 is 4.39 Å². The monoisotopic (exact) mass is 117 g/mol. The van der Waals surface area contributed by atoms with Gasteiger partial charge in [0.05, 0.1) is 0 Å². The quantitative estimate of drug-likeness (QED) is 0.501. The standard InChI is InChI=1S/C6H12FN/c1-5-3-6(2,7)4-8-5/h5,8H,3-4H2,1-2H3. The maximum absolute atomic E-state index is 12.8. The Morgan fingerprint density at radius 2 is 2.38 bits per heavy atom. The fraction of sp³-hybridized carbons (Fsp3) is 1.00. The molecule has 1 N–H and O–H groups in total. The third kappa shape index (κ3) is 1.19. The van der Waals surface area contributed by atoms with Gasteiger partial charge in [0.25, 0.3) is 0 Å². The van der Waals surface area contributed by atoms with Gasteiger partial charge in [0.2, 0.25) is 0 Å². The molecule has 1 saturated heterocycles. The number of alkyl halides is 1. The first kappa shape index (κ1) is 6.02. The van der Waals surface area contributed by atoms with E-state index in [0.717, 1.165) is 0 Å². The molecular weight excluding hydrogens is 105 g/mol. The molecule has 0 spiro atoms. The van der Waals surface area contributed by atoms with E-state index in [1.165, 1.54) is 0 Å². The van der Waals surface area contributed by atoms with Crippen LogP contribution in [0.2, 0.25) is 0 Å². The smallest absolute Gasteiger partial charge is 0.122 e. The molecule has 1 aliphatic heterocycles. The highest BCUT2D eigenvalue weighted by Crippen LogP contribution is 2.21. The average molecular weight is 117 g/mol. The fourth-order valence-electron chi connectivity index (χ4n) is 1.17. The largest absolute Gasteiger partial charge is 0.311 e. The van der Waals surface area contributed by atoms with Crippen molar-refractivity contribution in [1.29, 1.82) is 0 Å². The number of rotatable bonds is 0. The Balaban J connectivity index is 2.44. The van der Waals surface area contributed by atoms with Crippen LogP contribution in [-0.2, 0) is 0 Å². The Morgan fingerprint density at radius 1 is 1.75 bits per heavy atom. The number of halogens is 1. The molecule has 0 aromatic carbocycles. The van der Waals surface area contributed by atoms with E-state index in [4.69, 9.17) is 0 Å². The highest BCUT2D eigenvalue weighted by atomic mass is 19.1. The summed E-state index contributed by atoms with van der Waals surface area (Å²) in [7, 11) is 0. The minimum Gasteiger partial charge on any atom is -0.311 e. The molecule has 0 aliphatic carbocycles. The molecule has 0 aromatic heterocycles. The van der Waals surface area contributed by atoms with Crippen LogP contribution in [0.15, 0.2) is 0 Å². The summed E-state index contributed by atoms with van der Waals surface area (Å²) >= 11 is 0. The number of nitrogens with one attached hydrogen (secondary N) is 1. The van der Waals surface area contributed by atoms with Gasteiger partial charge in [-0.15, -0.1) is 0 Å². The minimum atomic E-state index is -0.945. The van der Waals surface area contributed by atoms with Gasteiger partial charge in [0.1, 0.15) is 5.67 Å². The van der Waals surface area contributed by atoms with E-state index in [9.17, 15) is 4.39 Å². The first-order valence-electron chi connectivity index (χ1n) is 3.02. The van der Waals surface area contributed by atoms with E-state index in [1.807, 2.05) is 6.92 Å². The van der Waals surface area contributed by atoms with Crippen LogP contribution in [-0.4, -0.2) is 18.3 Å². The molecule has 0 aromatic rings. The van der Waals surface area contributed by atoms with E-state index >= 15 is 0 Å². The minimum absolute atomic E-state index is 0.366. The van der Waals surface area contributed by atoms with Crippen LogP contribution >= 0.6 is 0 Å². The highest BCUT2D eigenvalue weighted by molar-refractivity contribution is 4.88. The molecule has 2 heteroatoms. The predicted molar refractivity (Wildman–Crippen MR) is 31.6 cm³/mol. The van der Waals surface area contributed by atoms with Crippen LogP contribution in [0.25, 0.3) is 0 Å². The lowest BCUT2D eigenvalue weighted by Crippen LogP contribution is -2.21. The van der Waals surface area contributed by atoms with Gasteiger partial charge in [-0.3, -0.25) is 0 Å². The summed E-state index contributed by atoms with van der Waals surface area (Å²) < 4.78 is 12.8. The van der Waals surface area contributed by atoms with Crippen LogP contribution in [0, 0.1) is 0 Å². The maximum Gasteiger partial charge on any atom is 0.122 e. The molecule has 2 atom stereocenters. The van der Waals surface area contributed by atoms with Gasteiger partial charge >= 0.3 is 0 Å². The molecule has 8 heavy (non-hydrogen) atoms. The lowest BCUT2D eigenvalue weighted by atomic mass is 10.1. The summed E-state index contributed by atoms with van der Waals surface area (Å²) in [5, 5.41) is 3.03. The first-order chi connectivity index (χ1) is 3.60. The fourth-order valence-corrected chi connectivity index (χ4v) is 1.17. The van der Waals surface area contributed by atoms with E-state index in [2.05, 4.69) is 5.32 Å². The Bertz CT molecular complexity index is 90.5. The van der Waals surface area contributed by atoms with Gasteiger partial charge in [-0.2, -0.15) is 0 Å². The third-order valence-electron chi connectivity index (χ3n) is 1.55. The second kappa shape index (κ2) is 1.69. The van der Waals surface area contributed by atoms with Crippen molar-refractivity contribution in [3.05, 3.63) is 0 Å². The lowest BCUT2D eigenvalue weighted by molar-refractivity contribution is 0.215. The molecular formula is C6H12FN. The van der Waals surface area contributed by atoms with Crippen molar-refractivity contribution in [2.75, 3.05) is 6.54 Å². The van der Waals surface area contributed by atoms with Gasteiger partial charge in [-0.05, 0) is 20.3 Å². The molecule has 0 bridgehead atoms. The van der Waals surface area contributed by atoms with Crippen LogP contribution in [0.4, 0.5) is 4.39 Å². The molecule has 1 heterocycles. The molecule has 1 aliphatic rings. The molecule has 1 fully saturated rings. The van der Waals surface area contributed by atoms with Crippen molar-refractivity contribution in [1.82, 2.24) is 5.32 Å². The summed E-state index contributed by atoms with van der Waals surface area (Å²) in [5.41, 5.74) is -0.945. The van der Waals surface area contributed by atoms with Crippen LogP contribution in [0.3, 0.4) is 0 Å². The normalized spacial score (nSPS) is 47.6.